The van der Waals surface area contributed by atoms with E-state index in [4.69, 9.17) is 0 Å². The minimum atomic E-state index is -3.66. The number of carbonyl (C=O) groups is 1. The highest BCUT2D eigenvalue weighted by atomic mass is 32.2. The molecule has 144 valence electrons. The zero-order valence-corrected chi connectivity index (χ0v) is 16.2. The molecule has 3 rings (SSSR count). The van der Waals surface area contributed by atoms with Crippen molar-refractivity contribution >= 4 is 44.3 Å². The molecule has 1 N–H and O–H groups in total. The van der Waals surface area contributed by atoms with Gasteiger partial charge in [-0.1, -0.05) is 12.1 Å². The van der Waals surface area contributed by atoms with Crippen molar-refractivity contribution in [3.63, 3.8) is 0 Å². The molecule has 0 atom stereocenters. The Labute approximate surface area is 165 Å². The van der Waals surface area contributed by atoms with Crippen molar-refractivity contribution in [1.29, 1.82) is 0 Å². The van der Waals surface area contributed by atoms with Gasteiger partial charge in [-0.3, -0.25) is 19.2 Å². The van der Waals surface area contributed by atoms with E-state index in [9.17, 15) is 23.3 Å². The molecule has 8 nitrogen and oxygen atoms in total. The summed E-state index contributed by atoms with van der Waals surface area (Å²) in [4.78, 5) is 22.6. The van der Waals surface area contributed by atoms with Crippen LogP contribution in [0, 0.1) is 10.1 Å². The van der Waals surface area contributed by atoms with Gasteiger partial charge in [0, 0.05) is 30.4 Å². The van der Waals surface area contributed by atoms with E-state index in [1.807, 2.05) is 0 Å². The highest BCUT2D eigenvalue weighted by molar-refractivity contribution is 7.94. The van der Waals surface area contributed by atoms with Crippen LogP contribution >= 0.6 is 11.3 Å². The molecule has 0 fully saturated rings. The number of non-ortho nitro benzene ring substituents is 1. The van der Waals surface area contributed by atoms with E-state index in [1.54, 1.807) is 17.5 Å². The van der Waals surface area contributed by atoms with E-state index in [0.29, 0.717) is 11.4 Å². The maximum Gasteiger partial charge on any atom is 0.273 e. The van der Waals surface area contributed by atoms with Gasteiger partial charge < -0.3 is 5.32 Å². The summed E-state index contributed by atoms with van der Waals surface area (Å²) in [5.74, 6) is -0.462. The third-order valence-electron chi connectivity index (χ3n) is 3.92. The van der Waals surface area contributed by atoms with Gasteiger partial charge in [0.1, 0.15) is 4.21 Å². The number of rotatable bonds is 6. The predicted molar refractivity (Wildman–Crippen MR) is 107 cm³/mol. The maximum atomic E-state index is 12.5. The standard InChI is InChI=1S/C18H15N3O5S2/c1-20(28(25,26)17-6-3-11-27-17)15-9-7-13(8-10-15)18(22)19-14-4-2-5-16(12-14)21(23)24/h2-12H,1H3,(H,19,22). The molecule has 0 unspecified atom stereocenters. The van der Waals surface area contributed by atoms with Gasteiger partial charge in [-0.25, -0.2) is 8.42 Å². The summed E-state index contributed by atoms with van der Waals surface area (Å²) >= 11 is 1.12. The van der Waals surface area contributed by atoms with Crippen LogP contribution in [0.25, 0.3) is 0 Å². The number of benzene rings is 2. The Hall–Kier alpha value is -3.24. The zero-order valence-electron chi connectivity index (χ0n) is 14.6. The van der Waals surface area contributed by atoms with E-state index in [0.717, 1.165) is 15.6 Å². The van der Waals surface area contributed by atoms with Crippen LogP contribution in [0.2, 0.25) is 0 Å². The number of sulfonamides is 1. The van der Waals surface area contributed by atoms with Crippen LogP contribution in [0.4, 0.5) is 17.1 Å². The lowest BCUT2D eigenvalue weighted by Crippen LogP contribution is -2.25. The molecular formula is C18H15N3O5S2. The lowest BCUT2D eigenvalue weighted by Gasteiger charge is -2.18. The third kappa shape index (κ3) is 4.02. The van der Waals surface area contributed by atoms with Crippen molar-refractivity contribution in [2.24, 2.45) is 0 Å². The topological polar surface area (TPSA) is 110 Å². The van der Waals surface area contributed by atoms with Gasteiger partial charge in [0.15, 0.2) is 0 Å². The fraction of sp³-hybridized carbons (Fsp3) is 0.0556. The first kappa shape index (κ1) is 19.5. The van der Waals surface area contributed by atoms with Gasteiger partial charge in [0.2, 0.25) is 0 Å². The number of hydrogen-bond acceptors (Lipinski definition) is 6. The molecule has 0 saturated carbocycles. The van der Waals surface area contributed by atoms with Crippen molar-refractivity contribution in [1.82, 2.24) is 0 Å². The highest BCUT2D eigenvalue weighted by Crippen LogP contribution is 2.25. The molecule has 0 aliphatic rings. The SMILES string of the molecule is CN(c1ccc(C(=O)Nc2cccc([N+](=O)[O-])c2)cc1)S(=O)(=O)c1cccs1. The Morgan fingerprint density at radius 1 is 1.11 bits per heavy atom. The molecule has 3 aromatic rings. The normalized spacial score (nSPS) is 11.0. The molecule has 0 spiro atoms. The molecule has 0 saturated heterocycles. The first-order chi connectivity index (χ1) is 13.3. The lowest BCUT2D eigenvalue weighted by atomic mass is 10.2. The van der Waals surface area contributed by atoms with Crippen LogP contribution in [0.5, 0.6) is 0 Å². The first-order valence-electron chi connectivity index (χ1n) is 7.97. The van der Waals surface area contributed by atoms with Crippen LogP contribution < -0.4 is 9.62 Å². The molecule has 0 aliphatic carbocycles. The average molecular weight is 417 g/mol. The summed E-state index contributed by atoms with van der Waals surface area (Å²) in [7, 11) is -2.22. The van der Waals surface area contributed by atoms with Crippen molar-refractivity contribution < 1.29 is 18.1 Å². The number of thiophene rings is 1. The number of nitrogens with zero attached hydrogens (tertiary/aromatic N) is 2. The second-order valence-corrected chi connectivity index (χ2v) is 8.86. The zero-order chi connectivity index (χ0) is 20.3. The Morgan fingerprint density at radius 3 is 2.43 bits per heavy atom. The van der Waals surface area contributed by atoms with Gasteiger partial charge in [-0.15, -0.1) is 11.3 Å². The Morgan fingerprint density at radius 2 is 1.82 bits per heavy atom. The molecule has 0 radical (unpaired) electrons. The number of nitro benzene ring substituents is 1. The van der Waals surface area contributed by atoms with Crippen LogP contribution in [-0.4, -0.2) is 26.3 Å². The smallest absolute Gasteiger partial charge is 0.273 e. The summed E-state index contributed by atoms with van der Waals surface area (Å²) in [6.45, 7) is 0. The molecule has 28 heavy (non-hydrogen) atoms. The molecule has 10 heteroatoms. The minimum absolute atomic E-state index is 0.131. The number of nitrogens with one attached hydrogen (secondary N) is 1. The highest BCUT2D eigenvalue weighted by Gasteiger charge is 2.22. The molecule has 0 aliphatic heterocycles. The van der Waals surface area contributed by atoms with E-state index in [1.165, 1.54) is 55.6 Å². The molecule has 1 heterocycles. The summed E-state index contributed by atoms with van der Waals surface area (Å²) < 4.78 is 26.4. The van der Waals surface area contributed by atoms with Gasteiger partial charge >= 0.3 is 0 Å². The van der Waals surface area contributed by atoms with E-state index >= 15 is 0 Å². The number of amides is 1. The Bertz CT molecular complexity index is 1110. The molecule has 1 amide bonds. The Balaban J connectivity index is 1.76. The van der Waals surface area contributed by atoms with Gasteiger partial charge in [0.05, 0.1) is 10.6 Å². The van der Waals surface area contributed by atoms with E-state index in [-0.39, 0.29) is 15.5 Å². The molecule has 0 bridgehead atoms. The fourth-order valence-corrected chi connectivity index (χ4v) is 4.76. The maximum absolute atomic E-state index is 12.5. The Kier molecular flexibility index (Phi) is 5.43. The van der Waals surface area contributed by atoms with Crippen LogP contribution in [0.15, 0.2) is 70.3 Å². The molecule has 2 aromatic carbocycles. The summed E-state index contributed by atoms with van der Waals surface area (Å²) in [5.41, 5.74) is 0.853. The fourth-order valence-electron chi connectivity index (χ4n) is 2.41. The second-order valence-electron chi connectivity index (χ2n) is 5.71. The van der Waals surface area contributed by atoms with Crippen LogP contribution in [-0.2, 0) is 10.0 Å². The van der Waals surface area contributed by atoms with Crippen LogP contribution in [0.3, 0.4) is 0 Å². The number of nitro groups is 1. The number of anilines is 2. The van der Waals surface area contributed by atoms with Gasteiger partial charge in [-0.05, 0) is 41.8 Å². The third-order valence-corrected chi connectivity index (χ3v) is 7.08. The minimum Gasteiger partial charge on any atom is -0.322 e. The monoisotopic (exact) mass is 417 g/mol. The predicted octanol–water partition coefficient (Wildman–Crippen LogP) is 3.73. The molecule has 1 aromatic heterocycles. The largest absolute Gasteiger partial charge is 0.322 e. The van der Waals surface area contributed by atoms with Crippen molar-refractivity contribution in [2.75, 3.05) is 16.7 Å². The molecular weight excluding hydrogens is 402 g/mol. The summed E-state index contributed by atoms with van der Waals surface area (Å²) in [6.07, 6.45) is 0. The number of carbonyl (C=O) groups excluding carboxylic acids is 1. The van der Waals surface area contributed by atoms with Crippen molar-refractivity contribution in [3.05, 3.63) is 81.7 Å². The average Bonchev–Trinajstić information content (AvgIpc) is 3.23. The quantitative estimate of drug-likeness (QED) is 0.485. The number of hydrogen-bond donors (Lipinski definition) is 1. The van der Waals surface area contributed by atoms with Crippen molar-refractivity contribution in [2.45, 2.75) is 4.21 Å². The van der Waals surface area contributed by atoms with E-state index < -0.39 is 20.9 Å². The van der Waals surface area contributed by atoms with E-state index in [2.05, 4.69) is 5.32 Å². The van der Waals surface area contributed by atoms with Gasteiger partial charge in [0.25, 0.3) is 21.6 Å². The second kappa shape index (κ2) is 7.79. The van der Waals surface area contributed by atoms with Crippen molar-refractivity contribution in [3.8, 4) is 0 Å². The lowest BCUT2D eigenvalue weighted by molar-refractivity contribution is -0.384. The van der Waals surface area contributed by atoms with Crippen LogP contribution in [0.1, 0.15) is 10.4 Å². The first-order valence-corrected chi connectivity index (χ1v) is 10.3. The summed E-state index contributed by atoms with van der Waals surface area (Å²) in [5, 5.41) is 15.1. The summed E-state index contributed by atoms with van der Waals surface area (Å²) in [6, 6.07) is 14.8. The van der Waals surface area contributed by atoms with Gasteiger partial charge in [-0.2, -0.15) is 0 Å².